The maximum Gasteiger partial charge on any atom is 0.270 e. The van der Waals surface area contributed by atoms with E-state index in [-0.39, 0.29) is 11.5 Å². The Kier molecular flexibility index (Phi) is 3.82. The SMILES string of the molecule is Cc1cc(/C(=N/N)c2ccncn2)c(=O)n2c1C(=O)NC21CCCCC1. The van der Waals surface area contributed by atoms with Gasteiger partial charge in [-0.25, -0.2) is 9.97 Å². The highest BCUT2D eigenvalue weighted by Crippen LogP contribution is 2.37. The Hall–Kier alpha value is -3.03. The zero-order valence-electron chi connectivity index (χ0n) is 14.5. The van der Waals surface area contributed by atoms with E-state index in [4.69, 9.17) is 5.84 Å². The summed E-state index contributed by atoms with van der Waals surface area (Å²) in [5.74, 6) is 5.40. The van der Waals surface area contributed by atoms with Crippen molar-refractivity contribution in [3.05, 3.63) is 57.5 Å². The van der Waals surface area contributed by atoms with Crippen LogP contribution in [0.15, 0.2) is 34.6 Å². The molecule has 0 saturated heterocycles. The van der Waals surface area contributed by atoms with Crippen molar-refractivity contribution in [2.45, 2.75) is 44.7 Å². The lowest BCUT2D eigenvalue weighted by Gasteiger charge is -2.35. The van der Waals surface area contributed by atoms with Crippen molar-refractivity contribution in [3.63, 3.8) is 0 Å². The minimum absolute atomic E-state index is 0.193. The van der Waals surface area contributed by atoms with Crippen LogP contribution in [0.2, 0.25) is 0 Å². The van der Waals surface area contributed by atoms with E-state index in [0.29, 0.717) is 22.7 Å². The molecule has 26 heavy (non-hydrogen) atoms. The topological polar surface area (TPSA) is 115 Å². The molecule has 2 aliphatic rings. The average Bonchev–Trinajstić information content (AvgIpc) is 2.93. The van der Waals surface area contributed by atoms with Crippen LogP contribution in [0.5, 0.6) is 0 Å². The summed E-state index contributed by atoms with van der Waals surface area (Å²) >= 11 is 0. The van der Waals surface area contributed by atoms with Gasteiger partial charge in [-0.05, 0) is 50.3 Å². The van der Waals surface area contributed by atoms with Gasteiger partial charge in [0.2, 0.25) is 0 Å². The van der Waals surface area contributed by atoms with E-state index >= 15 is 0 Å². The minimum atomic E-state index is -0.645. The standard InChI is InChI=1S/C18H20N6O2/c1-11-9-12(14(23-19)13-5-8-20-10-21-13)17(26)24-15(11)16(25)22-18(24)6-3-2-4-7-18/h5,8-10H,2-4,6-7,19H2,1H3,(H,22,25)/b23-14-. The molecule has 8 nitrogen and oxygen atoms in total. The predicted molar refractivity (Wildman–Crippen MR) is 95.8 cm³/mol. The third-order valence-electron chi connectivity index (χ3n) is 5.27. The Morgan fingerprint density at radius 2 is 2.08 bits per heavy atom. The number of pyridine rings is 1. The van der Waals surface area contributed by atoms with Crippen LogP contribution in [-0.4, -0.2) is 26.2 Å². The minimum Gasteiger partial charge on any atom is -0.327 e. The number of nitrogens with one attached hydrogen (secondary N) is 1. The van der Waals surface area contributed by atoms with Crippen LogP contribution in [0.25, 0.3) is 0 Å². The molecule has 0 bridgehead atoms. The summed E-state index contributed by atoms with van der Waals surface area (Å²) < 4.78 is 1.63. The maximum atomic E-state index is 13.4. The summed E-state index contributed by atoms with van der Waals surface area (Å²) in [7, 11) is 0. The van der Waals surface area contributed by atoms with Crippen molar-refractivity contribution in [3.8, 4) is 0 Å². The molecule has 1 saturated carbocycles. The van der Waals surface area contributed by atoms with E-state index in [2.05, 4.69) is 20.4 Å². The fourth-order valence-electron chi connectivity index (χ4n) is 4.12. The van der Waals surface area contributed by atoms with Crippen molar-refractivity contribution in [2.75, 3.05) is 0 Å². The zero-order valence-corrected chi connectivity index (χ0v) is 14.5. The molecule has 0 radical (unpaired) electrons. The molecule has 0 atom stereocenters. The number of aromatic nitrogens is 3. The van der Waals surface area contributed by atoms with Crippen LogP contribution in [0.4, 0.5) is 0 Å². The maximum absolute atomic E-state index is 13.4. The molecule has 3 heterocycles. The van der Waals surface area contributed by atoms with Gasteiger partial charge in [-0.2, -0.15) is 5.10 Å². The molecule has 1 fully saturated rings. The number of hydrazone groups is 1. The molecule has 8 heteroatoms. The van der Waals surface area contributed by atoms with Gasteiger partial charge in [-0.15, -0.1) is 0 Å². The van der Waals surface area contributed by atoms with E-state index in [9.17, 15) is 9.59 Å². The Balaban J connectivity index is 1.95. The Morgan fingerprint density at radius 3 is 2.73 bits per heavy atom. The number of hydrogen-bond acceptors (Lipinski definition) is 6. The van der Waals surface area contributed by atoms with Crippen LogP contribution in [0.3, 0.4) is 0 Å². The highest BCUT2D eigenvalue weighted by molar-refractivity contribution is 6.11. The number of amides is 1. The number of carbonyl (C=O) groups excluding carboxylic acids is 1. The van der Waals surface area contributed by atoms with Gasteiger partial charge >= 0.3 is 0 Å². The fraction of sp³-hybridized carbons (Fsp3) is 0.389. The quantitative estimate of drug-likeness (QED) is 0.476. The van der Waals surface area contributed by atoms with Crippen molar-refractivity contribution >= 4 is 11.6 Å². The van der Waals surface area contributed by atoms with Gasteiger partial charge < -0.3 is 11.2 Å². The van der Waals surface area contributed by atoms with Gasteiger partial charge in [0.1, 0.15) is 23.4 Å². The first-order valence-electron chi connectivity index (χ1n) is 8.72. The molecular weight excluding hydrogens is 332 g/mol. The molecule has 1 aliphatic carbocycles. The first-order chi connectivity index (χ1) is 12.6. The number of fused-ring (bicyclic) bond motifs is 2. The molecular formula is C18H20N6O2. The van der Waals surface area contributed by atoms with Gasteiger partial charge in [-0.3, -0.25) is 14.2 Å². The Bertz CT molecular complexity index is 958. The first kappa shape index (κ1) is 16.4. The van der Waals surface area contributed by atoms with Gasteiger partial charge in [0.15, 0.2) is 0 Å². The second kappa shape index (κ2) is 6.05. The second-order valence-electron chi connectivity index (χ2n) is 6.85. The number of carbonyl (C=O) groups is 1. The second-order valence-corrected chi connectivity index (χ2v) is 6.85. The summed E-state index contributed by atoms with van der Waals surface area (Å²) in [6, 6.07) is 3.32. The molecule has 1 aliphatic heterocycles. The molecule has 0 aromatic carbocycles. The summed E-state index contributed by atoms with van der Waals surface area (Å²) in [5.41, 5.74) is 1.33. The molecule has 0 unspecified atom stereocenters. The van der Waals surface area contributed by atoms with Gasteiger partial charge in [-0.1, -0.05) is 6.42 Å². The summed E-state index contributed by atoms with van der Waals surface area (Å²) in [4.78, 5) is 34.0. The molecule has 1 spiro atoms. The summed E-state index contributed by atoms with van der Waals surface area (Å²) in [6.07, 6.45) is 7.49. The van der Waals surface area contributed by atoms with Crippen molar-refractivity contribution < 1.29 is 4.79 Å². The lowest BCUT2D eigenvalue weighted by atomic mass is 9.89. The van der Waals surface area contributed by atoms with Gasteiger partial charge in [0.05, 0.1) is 11.3 Å². The van der Waals surface area contributed by atoms with E-state index < -0.39 is 5.66 Å². The molecule has 134 valence electrons. The molecule has 4 rings (SSSR count). The van der Waals surface area contributed by atoms with E-state index in [1.165, 1.54) is 6.33 Å². The van der Waals surface area contributed by atoms with Crippen LogP contribution in [0, 0.1) is 6.92 Å². The highest BCUT2D eigenvalue weighted by atomic mass is 16.2. The number of nitrogens with two attached hydrogens (primary N) is 1. The lowest BCUT2D eigenvalue weighted by molar-refractivity contribution is 0.0876. The third kappa shape index (κ3) is 2.33. The molecule has 2 aromatic heterocycles. The number of rotatable bonds is 2. The third-order valence-corrected chi connectivity index (χ3v) is 5.27. The number of aryl methyl sites for hydroxylation is 1. The van der Waals surface area contributed by atoms with Crippen LogP contribution >= 0.6 is 0 Å². The van der Waals surface area contributed by atoms with Crippen LogP contribution in [0.1, 0.15) is 59.4 Å². The smallest absolute Gasteiger partial charge is 0.270 e. The summed E-state index contributed by atoms with van der Waals surface area (Å²) in [6.45, 7) is 1.82. The number of hydrogen-bond donors (Lipinski definition) is 2. The van der Waals surface area contributed by atoms with Crippen molar-refractivity contribution in [1.82, 2.24) is 19.9 Å². The summed E-state index contributed by atoms with van der Waals surface area (Å²) in [5, 5.41) is 6.88. The normalized spacial score (nSPS) is 18.7. The zero-order chi connectivity index (χ0) is 18.3. The Morgan fingerprint density at radius 1 is 1.31 bits per heavy atom. The Labute approximate surface area is 150 Å². The van der Waals surface area contributed by atoms with Crippen molar-refractivity contribution in [1.29, 1.82) is 0 Å². The molecule has 2 aromatic rings. The monoisotopic (exact) mass is 352 g/mol. The average molecular weight is 352 g/mol. The number of nitrogens with zero attached hydrogens (tertiary/aromatic N) is 4. The molecule has 1 amide bonds. The lowest BCUT2D eigenvalue weighted by Crippen LogP contribution is -2.49. The van der Waals surface area contributed by atoms with Gasteiger partial charge in [0, 0.05) is 6.20 Å². The fourth-order valence-corrected chi connectivity index (χ4v) is 4.12. The van der Waals surface area contributed by atoms with Crippen molar-refractivity contribution in [2.24, 2.45) is 10.9 Å². The molecule has 3 N–H and O–H groups in total. The van der Waals surface area contributed by atoms with E-state index in [1.807, 2.05) is 6.92 Å². The van der Waals surface area contributed by atoms with Gasteiger partial charge in [0.25, 0.3) is 11.5 Å². The highest BCUT2D eigenvalue weighted by Gasteiger charge is 2.45. The largest absolute Gasteiger partial charge is 0.327 e. The van der Waals surface area contributed by atoms with E-state index in [0.717, 1.165) is 37.7 Å². The van der Waals surface area contributed by atoms with Crippen LogP contribution < -0.4 is 16.7 Å². The predicted octanol–water partition coefficient (Wildman–Crippen LogP) is 1.02. The van der Waals surface area contributed by atoms with E-state index in [1.54, 1.807) is 22.9 Å². The van der Waals surface area contributed by atoms with Crippen LogP contribution in [-0.2, 0) is 5.66 Å². The first-order valence-corrected chi connectivity index (χ1v) is 8.72.